The fraction of sp³-hybridized carbons (Fsp3) is 0.538. The SMILES string of the molecule is Brc1ccc(CN2CCC[C@H](Cn3cncn3)C2)s1. The summed E-state index contributed by atoms with van der Waals surface area (Å²) in [6.45, 7) is 4.44. The number of rotatable bonds is 4. The molecule has 0 spiro atoms. The van der Waals surface area contributed by atoms with Crippen molar-refractivity contribution < 1.29 is 0 Å². The van der Waals surface area contributed by atoms with Crippen LogP contribution in [0.4, 0.5) is 0 Å². The summed E-state index contributed by atoms with van der Waals surface area (Å²) in [4.78, 5) is 8.01. The molecular weight excluding hydrogens is 324 g/mol. The highest BCUT2D eigenvalue weighted by Gasteiger charge is 2.20. The third-order valence-electron chi connectivity index (χ3n) is 3.52. The van der Waals surface area contributed by atoms with Gasteiger partial charge in [-0.1, -0.05) is 0 Å². The van der Waals surface area contributed by atoms with E-state index < -0.39 is 0 Å². The van der Waals surface area contributed by atoms with E-state index in [9.17, 15) is 0 Å². The van der Waals surface area contributed by atoms with Gasteiger partial charge in [0, 0.05) is 24.5 Å². The lowest BCUT2D eigenvalue weighted by atomic mass is 9.98. The van der Waals surface area contributed by atoms with Gasteiger partial charge in [-0.2, -0.15) is 5.10 Å². The van der Waals surface area contributed by atoms with Gasteiger partial charge in [-0.15, -0.1) is 11.3 Å². The largest absolute Gasteiger partial charge is 0.298 e. The molecule has 0 saturated carbocycles. The van der Waals surface area contributed by atoms with Crippen LogP contribution in [0.15, 0.2) is 28.6 Å². The van der Waals surface area contributed by atoms with Crippen molar-refractivity contribution >= 4 is 27.3 Å². The van der Waals surface area contributed by atoms with Crippen LogP contribution in [0.1, 0.15) is 17.7 Å². The van der Waals surface area contributed by atoms with Gasteiger partial charge >= 0.3 is 0 Å². The van der Waals surface area contributed by atoms with Crippen LogP contribution in [0.5, 0.6) is 0 Å². The predicted octanol–water partition coefficient (Wildman–Crippen LogP) is 3.01. The fourth-order valence-corrected chi connectivity index (χ4v) is 4.22. The van der Waals surface area contributed by atoms with Gasteiger partial charge in [0.1, 0.15) is 12.7 Å². The molecule has 0 aliphatic carbocycles. The third kappa shape index (κ3) is 3.64. The van der Waals surface area contributed by atoms with Gasteiger partial charge in [-0.25, -0.2) is 4.98 Å². The Balaban J connectivity index is 1.55. The highest BCUT2D eigenvalue weighted by atomic mass is 79.9. The Morgan fingerprint density at radius 1 is 1.42 bits per heavy atom. The zero-order valence-corrected chi connectivity index (χ0v) is 13.1. The van der Waals surface area contributed by atoms with E-state index in [-0.39, 0.29) is 0 Å². The molecule has 1 aliphatic heterocycles. The standard InChI is InChI=1S/C13H17BrN4S/c14-13-4-3-12(19-13)8-17-5-1-2-11(6-17)7-18-10-15-9-16-18/h3-4,9-11H,1-2,5-8H2/t11-/m0/s1. The second kappa shape index (κ2) is 6.15. The van der Waals surface area contributed by atoms with Crippen LogP contribution < -0.4 is 0 Å². The number of piperidine rings is 1. The average molecular weight is 341 g/mol. The van der Waals surface area contributed by atoms with E-state index in [1.807, 2.05) is 22.3 Å². The summed E-state index contributed by atoms with van der Waals surface area (Å²) in [5.41, 5.74) is 0. The van der Waals surface area contributed by atoms with Crippen LogP contribution in [-0.2, 0) is 13.1 Å². The fourth-order valence-electron chi connectivity index (χ4n) is 2.69. The molecule has 0 unspecified atom stereocenters. The van der Waals surface area contributed by atoms with Crippen molar-refractivity contribution in [3.63, 3.8) is 0 Å². The second-order valence-corrected chi connectivity index (χ2v) is 7.61. The van der Waals surface area contributed by atoms with Crippen molar-refractivity contribution in [1.82, 2.24) is 19.7 Å². The Labute approximate surface area is 125 Å². The first-order valence-electron chi connectivity index (χ1n) is 6.58. The van der Waals surface area contributed by atoms with Gasteiger partial charge in [0.05, 0.1) is 3.79 Å². The number of likely N-dealkylation sites (tertiary alicyclic amines) is 1. The Kier molecular flexibility index (Phi) is 4.30. The molecular formula is C13H17BrN4S. The molecule has 19 heavy (non-hydrogen) atoms. The highest BCUT2D eigenvalue weighted by Crippen LogP contribution is 2.25. The monoisotopic (exact) mass is 340 g/mol. The predicted molar refractivity (Wildman–Crippen MR) is 80.0 cm³/mol. The number of aromatic nitrogens is 3. The van der Waals surface area contributed by atoms with E-state index in [1.165, 1.54) is 28.0 Å². The molecule has 3 rings (SSSR count). The summed E-state index contributed by atoms with van der Waals surface area (Å²) >= 11 is 5.37. The lowest BCUT2D eigenvalue weighted by molar-refractivity contribution is 0.154. The minimum atomic E-state index is 0.693. The first-order chi connectivity index (χ1) is 9.29. The minimum absolute atomic E-state index is 0.693. The molecule has 2 aromatic rings. The summed E-state index contributed by atoms with van der Waals surface area (Å²) < 4.78 is 3.18. The van der Waals surface area contributed by atoms with Crippen molar-refractivity contribution in [3.05, 3.63) is 33.5 Å². The quantitative estimate of drug-likeness (QED) is 0.857. The van der Waals surface area contributed by atoms with Gasteiger partial charge in [-0.05, 0) is 53.4 Å². The van der Waals surface area contributed by atoms with Crippen LogP contribution in [0.2, 0.25) is 0 Å². The molecule has 4 nitrogen and oxygen atoms in total. The minimum Gasteiger partial charge on any atom is -0.298 e. The summed E-state index contributed by atoms with van der Waals surface area (Å²) in [6.07, 6.45) is 6.01. The molecule has 0 aromatic carbocycles. The van der Waals surface area contributed by atoms with Crippen LogP contribution in [0, 0.1) is 5.92 Å². The zero-order chi connectivity index (χ0) is 13.1. The summed E-state index contributed by atoms with van der Waals surface area (Å²) in [6, 6.07) is 4.35. The maximum atomic E-state index is 4.21. The Bertz CT molecular complexity index is 510. The van der Waals surface area contributed by atoms with E-state index in [0.717, 1.165) is 19.6 Å². The van der Waals surface area contributed by atoms with Crippen LogP contribution in [0.25, 0.3) is 0 Å². The normalized spacial score (nSPS) is 20.8. The molecule has 0 N–H and O–H groups in total. The van der Waals surface area contributed by atoms with Crippen molar-refractivity contribution in [3.8, 4) is 0 Å². The first kappa shape index (κ1) is 13.3. The molecule has 1 atom stereocenters. The van der Waals surface area contributed by atoms with Gasteiger partial charge < -0.3 is 0 Å². The first-order valence-corrected chi connectivity index (χ1v) is 8.19. The Morgan fingerprint density at radius 3 is 3.11 bits per heavy atom. The molecule has 1 saturated heterocycles. The molecule has 0 amide bonds. The Morgan fingerprint density at radius 2 is 2.37 bits per heavy atom. The van der Waals surface area contributed by atoms with Gasteiger partial charge in [0.15, 0.2) is 0 Å². The van der Waals surface area contributed by atoms with Gasteiger partial charge in [0.2, 0.25) is 0 Å². The number of hydrogen-bond acceptors (Lipinski definition) is 4. The summed E-state index contributed by atoms with van der Waals surface area (Å²) in [5.74, 6) is 0.693. The van der Waals surface area contributed by atoms with Crippen molar-refractivity contribution in [1.29, 1.82) is 0 Å². The Hall–Kier alpha value is -0.720. The maximum absolute atomic E-state index is 4.21. The van der Waals surface area contributed by atoms with E-state index in [2.05, 4.69) is 43.0 Å². The third-order valence-corrected chi connectivity index (χ3v) is 5.13. The van der Waals surface area contributed by atoms with Gasteiger partial charge in [-0.3, -0.25) is 9.58 Å². The molecule has 1 aliphatic rings. The summed E-state index contributed by atoms with van der Waals surface area (Å²) in [7, 11) is 0. The van der Waals surface area contributed by atoms with E-state index in [1.54, 1.807) is 6.33 Å². The van der Waals surface area contributed by atoms with Gasteiger partial charge in [0.25, 0.3) is 0 Å². The van der Waals surface area contributed by atoms with E-state index in [4.69, 9.17) is 0 Å². The highest BCUT2D eigenvalue weighted by molar-refractivity contribution is 9.11. The average Bonchev–Trinajstić information content (AvgIpc) is 3.02. The molecule has 0 bridgehead atoms. The van der Waals surface area contributed by atoms with Crippen molar-refractivity contribution in [2.24, 2.45) is 5.92 Å². The number of hydrogen-bond donors (Lipinski definition) is 0. The molecule has 0 radical (unpaired) electrons. The maximum Gasteiger partial charge on any atom is 0.137 e. The lowest BCUT2D eigenvalue weighted by Gasteiger charge is -2.32. The smallest absolute Gasteiger partial charge is 0.137 e. The molecule has 1 fully saturated rings. The van der Waals surface area contributed by atoms with Crippen LogP contribution >= 0.6 is 27.3 Å². The number of nitrogens with zero attached hydrogens (tertiary/aromatic N) is 4. The second-order valence-electron chi connectivity index (χ2n) is 5.07. The van der Waals surface area contributed by atoms with Crippen molar-refractivity contribution in [2.75, 3.05) is 13.1 Å². The molecule has 2 aromatic heterocycles. The summed E-state index contributed by atoms with van der Waals surface area (Å²) in [5, 5.41) is 4.21. The molecule has 6 heteroatoms. The lowest BCUT2D eigenvalue weighted by Crippen LogP contribution is -2.36. The molecule has 3 heterocycles. The molecule has 102 valence electrons. The zero-order valence-electron chi connectivity index (χ0n) is 10.7. The number of halogens is 1. The van der Waals surface area contributed by atoms with Crippen molar-refractivity contribution in [2.45, 2.75) is 25.9 Å². The topological polar surface area (TPSA) is 34.0 Å². The number of thiophene rings is 1. The van der Waals surface area contributed by atoms with E-state index in [0.29, 0.717) is 5.92 Å². The van der Waals surface area contributed by atoms with Crippen LogP contribution in [0.3, 0.4) is 0 Å². The van der Waals surface area contributed by atoms with E-state index >= 15 is 0 Å². The van der Waals surface area contributed by atoms with Crippen LogP contribution in [-0.4, -0.2) is 32.8 Å².